The van der Waals surface area contributed by atoms with Crippen molar-refractivity contribution in [3.8, 4) is 0 Å². The van der Waals surface area contributed by atoms with Crippen LogP contribution in [0.15, 0.2) is 24.3 Å². The predicted octanol–water partition coefficient (Wildman–Crippen LogP) is 2.68. The molecule has 1 aromatic rings. The van der Waals surface area contributed by atoms with E-state index in [-0.39, 0.29) is 24.5 Å². The lowest BCUT2D eigenvalue weighted by Gasteiger charge is -2.34. The van der Waals surface area contributed by atoms with Crippen LogP contribution in [0, 0.1) is 5.92 Å². The normalized spacial score (nSPS) is 31.6. The number of hydrogen-bond donors (Lipinski definition) is 1. The monoisotopic (exact) mass is 342 g/mol. The van der Waals surface area contributed by atoms with E-state index in [2.05, 4.69) is 13.0 Å². The number of benzene rings is 1. The van der Waals surface area contributed by atoms with E-state index in [1.807, 2.05) is 28.0 Å². The van der Waals surface area contributed by atoms with Crippen molar-refractivity contribution in [3.05, 3.63) is 29.8 Å². The number of carboxylic acid groups (broad SMARTS) is 1. The Hall–Kier alpha value is -1.88. The molecule has 2 heterocycles. The summed E-state index contributed by atoms with van der Waals surface area (Å²) in [7, 11) is 0. The lowest BCUT2D eigenvalue weighted by Crippen LogP contribution is -2.49. The second-order valence-electron chi connectivity index (χ2n) is 7.82. The van der Waals surface area contributed by atoms with E-state index < -0.39 is 12.0 Å². The third-order valence-corrected chi connectivity index (χ3v) is 6.30. The van der Waals surface area contributed by atoms with Gasteiger partial charge in [-0.25, -0.2) is 0 Å². The number of carboxylic acids is 1. The Bertz CT molecular complexity index is 689. The van der Waals surface area contributed by atoms with E-state index in [4.69, 9.17) is 0 Å². The molecule has 5 heteroatoms. The molecule has 1 saturated carbocycles. The van der Waals surface area contributed by atoms with E-state index in [0.717, 1.165) is 31.4 Å². The molecule has 5 nitrogen and oxygen atoms in total. The van der Waals surface area contributed by atoms with Crippen LogP contribution in [0.5, 0.6) is 0 Å². The molecule has 4 atom stereocenters. The molecule has 0 spiro atoms. The van der Waals surface area contributed by atoms with Crippen molar-refractivity contribution < 1.29 is 14.7 Å². The first-order valence-corrected chi connectivity index (χ1v) is 9.44. The summed E-state index contributed by atoms with van der Waals surface area (Å²) in [6.45, 7) is 2.29. The fourth-order valence-electron chi connectivity index (χ4n) is 5.20. The highest BCUT2D eigenvalue weighted by Crippen LogP contribution is 2.40. The zero-order valence-electron chi connectivity index (χ0n) is 14.7. The van der Waals surface area contributed by atoms with Crippen LogP contribution in [0.3, 0.4) is 0 Å². The zero-order valence-corrected chi connectivity index (χ0v) is 14.7. The summed E-state index contributed by atoms with van der Waals surface area (Å²) < 4.78 is 0. The molecule has 0 radical (unpaired) electrons. The van der Waals surface area contributed by atoms with Crippen LogP contribution in [0.4, 0.5) is 5.69 Å². The number of nitrogens with zero attached hydrogens (tertiary/aromatic N) is 2. The van der Waals surface area contributed by atoms with Gasteiger partial charge in [0.05, 0.1) is 6.54 Å². The van der Waals surface area contributed by atoms with Gasteiger partial charge in [0.1, 0.15) is 6.04 Å². The lowest BCUT2D eigenvalue weighted by atomic mass is 9.85. The minimum atomic E-state index is -0.780. The Morgan fingerprint density at radius 3 is 2.76 bits per heavy atom. The second kappa shape index (κ2) is 6.45. The average molecular weight is 342 g/mol. The van der Waals surface area contributed by atoms with E-state index in [9.17, 15) is 14.7 Å². The Balaban J connectivity index is 1.56. The SMILES string of the molecule is C[C@@H]1Cc2ccccc2N1C(=O)CN1[C@@H]2CCCC[C@@H]2C[C@H]1C(=O)O. The minimum Gasteiger partial charge on any atom is -0.480 e. The molecule has 1 N–H and O–H groups in total. The van der Waals surface area contributed by atoms with Crippen LogP contribution >= 0.6 is 0 Å². The van der Waals surface area contributed by atoms with Crippen molar-refractivity contribution in [2.75, 3.05) is 11.4 Å². The Morgan fingerprint density at radius 2 is 1.96 bits per heavy atom. The molecule has 0 unspecified atom stereocenters. The lowest BCUT2D eigenvalue weighted by molar-refractivity contribution is -0.143. The number of fused-ring (bicyclic) bond motifs is 2. The summed E-state index contributed by atoms with van der Waals surface area (Å²) in [6.07, 6.45) is 6.01. The second-order valence-corrected chi connectivity index (χ2v) is 7.82. The quantitative estimate of drug-likeness (QED) is 0.917. The summed E-state index contributed by atoms with van der Waals surface area (Å²) in [5.41, 5.74) is 2.20. The fourth-order valence-corrected chi connectivity index (χ4v) is 5.20. The predicted molar refractivity (Wildman–Crippen MR) is 95.6 cm³/mol. The molecule has 4 rings (SSSR count). The first-order valence-electron chi connectivity index (χ1n) is 9.44. The van der Waals surface area contributed by atoms with Crippen LogP contribution in [0.2, 0.25) is 0 Å². The number of carbonyl (C=O) groups excluding carboxylic acids is 1. The van der Waals surface area contributed by atoms with E-state index >= 15 is 0 Å². The molecule has 2 fully saturated rings. The Morgan fingerprint density at radius 1 is 1.20 bits per heavy atom. The number of carbonyl (C=O) groups is 2. The molecule has 25 heavy (non-hydrogen) atoms. The maximum Gasteiger partial charge on any atom is 0.320 e. The third-order valence-electron chi connectivity index (χ3n) is 6.30. The molecule has 1 saturated heterocycles. The van der Waals surface area contributed by atoms with Gasteiger partial charge in [0.15, 0.2) is 0 Å². The molecule has 2 aliphatic heterocycles. The molecule has 134 valence electrons. The summed E-state index contributed by atoms with van der Waals surface area (Å²) >= 11 is 0. The summed E-state index contributed by atoms with van der Waals surface area (Å²) in [4.78, 5) is 28.7. The van der Waals surface area contributed by atoms with Gasteiger partial charge in [0.2, 0.25) is 5.91 Å². The molecule has 1 aliphatic carbocycles. The number of anilines is 1. The van der Waals surface area contributed by atoms with Crippen LogP contribution in [-0.4, -0.2) is 46.6 Å². The van der Waals surface area contributed by atoms with Gasteiger partial charge in [-0.05, 0) is 50.2 Å². The van der Waals surface area contributed by atoms with Gasteiger partial charge in [0.25, 0.3) is 0 Å². The van der Waals surface area contributed by atoms with Crippen LogP contribution in [0.25, 0.3) is 0 Å². The fraction of sp³-hybridized carbons (Fsp3) is 0.600. The van der Waals surface area contributed by atoms with Crippen molar-refractivity contribution in [1.29, 1.82) is 0 Å². The highest BCUT2D eigenvalue weighted by molar-refractivity contribution is 5.97. The highest BCUT2D eigenvalue weighted by atomic mass is 16.4. The van der Waals surface area contributed by atoms with Crippen molar-refractivity contribution in [1.82, 2.24) is 4.90 Å². The van der Waals surface area contributed by atoms with Gasteiger partial charge in [-0.2, -0.15) is 0 Å². The van der Waals surface area contributed by atoms with Gasteiger partial charge in [-0.1, -0.05) is 31.0 Å². The summed E-state index contributed by atoms with van der Waals surface area (Å²) in [5.74, 6) is -0.307. The number of amides is 1. The van der Waals surface area contributed by atoms with Gasteiger partial charge < -0.3 is 10.0 Å². The largest absolute Gasteiger partial charge is 0.480 e. The van der Waals surface area contributed by atoms with E-state index in [1.165, 1.54) is 12.0 Å². The zero-order chi connectivity index (χ0) is 17.6. The molecule has 0 aromatic heterocycles. The third kappa shape index (κ3) is 2.84. The molecule has 0 bridgehead atoms. The molecule has 1 amide bonds. The Kier molecular flexibility index (Phi) is 4.28. The summed E-state index contributed by atoms with van der Waals surface area (Å²) in [5, 5.41) is 9.65. The Labute approximate surface area is 148 Å². The molecule has 3 aliphatic rings. The first kappa shape index (κ1) is 16.6. The van der Waals surface area contributed by atoms with Crippen LogP contribution in [0.1, 0.15) is 44.6 Å². The van der Waals surface area contributed by atoms with E-state index in [0.29, 0.717) is 12.3 Å². The van der Waals surface area contributed by atoms with Crippen LogP contribution in [-0.2, 0) is 16.0 Å². The number of likely N-dealkylation sites (tertiary alicyclic amines) is 1. The van der Waals surface area contributed by atoms with Crippen molar-refractivity contribution in [2.45, 2.75) is 63.6 Å². The number of aliphatic carboxylic acids is 1. The highest BCUT2D eigenvalue weighted by Gasteiger charge is 2.46. The first-order chi connectivity index (χ1) is 12.1. The van der Waals surface area contributed by atoms with Crippen molar-refractivity contribution >= 4 is 17.6 Å². The average Bonchev–Trinajstić information content (AvgIpc) is 3.12. The topological polar surface area (TPSA) is 60.9 Å². The smallest absolute Gasteiger partial charge is 0.320 e. The molecular formula is C20H26N2O3. The molecular weight excluding hydrogens is 316 g/mol. The van der Waals surface area contributed by atoms with Gasteiger partial charge in [-0.15, -0.1) is 0 Å². The van der Waals surface area contributed by atoms with E-state index in [1.54, 1.807) is 0 Å². The standard InChI is InChI=1S/C20H26N2O3/c1-13-10-14-6-3-5-9-17(14)22(13)19(23)12-21-16-8-4-2-7-15(16)11-18(21)20(24)25/h3,5-6,9,13,15-16,18H,2,4,7-8,10-12H2,1H3,(H,24,25)/t13-,15-,16-,18+/m1/s1. The maximum absolute atomic E-state index is 13.1. The van der Waals surface area contributed by atoms with Gasteiger partial charge in [-0.3, -0.25) is 14.5 Å². The van der Waals surface area contributed by atoms with Crippen molar-refractivity contribution in [2.24, 2.45) is 5.92 Å². The number of para-hydroxylation sites is 1. The van der Waals surface area contributed by atoms with Gasteiger partial charge in [0, 0.05) is 17.8 Å². The molecule has 1 aromatic carbocycles. The van der Waals surface area contributed by atoms with Crippen LogP contribution < -0.4 is 4.90 Å². The maximum atomic E-state index is 13.1. The number of hydrogen-bond acceptors (Lipinski definition) is 3. The number of rotatable bonds is 3. The van der Waals surface area contributed by atoms with Crippen molar-refractivity contribution in [3.63, 3.8) is 0 Å². The minimum absolute atomic E-state index is 0.0370. The summed E-state index contributed by atoms with van der Waals surface area (Å²) in [6, 6.07) is 7.93. The van der Waals surface area contributed by atoms with Gasteiger partial charge >= 0.3 is 5.97 Å².